The molecule has 2 heterocycles. The van der Waals surface area contributed by atoms with E-state index in [1.165, 1.54) is 44.1 Å². The monoisotopic (exact) mass is 651 g/mol. The van der Waals surface area contributed by atoms with Crippen LogP contribution in [-0.2, 0) is 21.4 Å². The fourth-order valence-corrected chi connectivity index (χ4v) is 13.1. The van der Waals surface area contributed by atoms with Crippen molar-refractivity contribution in [2.45, 2.75) is 116 Å². The maximum atomic E-state index is 15.4. The van der Waals surface area contributed by atoms with Gasteiger partial charge in [-0.15, -0.1) is 0 Å². The zero-order chi connectivity index (χ0) is 33.4. The zero-order valence-electron chi connectivity index (χ0n) is 29.8. The van der Waals surface area contributed by atoms with Gasteiger partial charge >= 0.3 is 5.97 Å². The minimum absolute atomic E-state index is 0.00402. The molecule has 5 saturated carbocycles. The number of likely N-dealkylation sites (tertiary alicyclic amines) is 1. The number of nitrogens with zero attached hydrogens (tertiary/aromatic N) is 3. The third-order valence-electron chi connectivity index (χ3n) is 15.1. The van der Waals surface area contributed by atoms with Crippen LogP contribution in [0.1, 0.15) is 116 Å². The zero-order valence-corrected chi connectivity index (χ0v) is 29.8. The molecule has 11 atom stereocenters. The van der Waals surface area contributed by atoms with Gasteiger partial charge in [0.1, 0.15) is 11.9 Å². The van der Waals surface area contributed by atoms with Crippen molar-refractivity contribution in [2.24, 2.45) is 59.3 Å². The van der Waals surface area contributed by atoms with Crippen LogP contribution >= 0.6 is 0 Å². The molecular weight excluding hydrogens is 594 g/mol. The molecule has 1 aromatic heterocycles. The molecule has 6 nitrogen and oxygen atoms in total. The summed E-state index contributed by atoms with van der Waals surface area (Å²) in [5, 5.41) is 0. The topological polar surface area (TPSA) is 64.4 Å². The minimum Gasteiger partial charge on any atom is -0.463 e. The lowest BCUT2D eigenvalue weighted by molar-refractivity contribution is -0.163. The first-order valence-electron chi connectivity index (χ1n) is 19.3. The van der Waals surface area contributed by atoms with E-state index < -0.39 is 0 Å². The predicted octanol–water partition coefficient (Wildman–Crippen LogP) is 8.92. The molecule has 1 aromatic carbocycles. The second-order valence-electron chi connectivity index (χ2n) is 17.3. The number of imidazole rings is 1. The largest absolute Gasteiger partial charge is 0.463 e. The van der Waals surface area contributed by atoms with E-state index in [1.807, 2.05) is 6.07 Å². The summed E-state index contributed by atoms with van der Waals surface area (Å²) < 4.78 is 7.88. The maximum absolute atomic E-state index is 15.4. The molecule has 6 aliphatic rings. The Balaban J connectivity index is 1.07. The van der Waals surface area contributed by atoms with Gasteiger partial charge in [-0.3, -0.25) is 9.59 Å². The quantitative estimate of drug-likeness (QED) is 0.239. The Morgan fingerprint density at radius 2 is 1.58 bits per heavy atom. The number of aryl methyl sites for hydroxylation is 1. The van der Waals surface area contributed by atoms with E-state index in [0.717, 1.165) is 92.2 Å². The van der Waals surface area contributed by atoms with Crippen LogP contribution in [0.4, 0.5) is 0 Å². The molecule has 1 aliphatic heterocycles. The van der Waals surface area contributed by atoms with Gasteiger partial charge in [-0.05, 0) is 137 Å². The van der Waals surface area contributed by atoms with Crippen LogP contribution in [0.15, 0.2) is 48.7 Å². The molecule has 8 rings (SSSR count). The summed E-state index contributed by atoms with van der Waals surface area (Å²) in [6.07, 6.45) is 17.1. The molecule has 2 aromatic rings. The molecule has 258 valence electrons. The number of esters is 1. The van der Waals surface area contributed by atoms with E-state index in [9.17, 15) is 4.79 Å². The van der Waals surface area contributed by atoms with E-state index in [4.69, 9.17) is 9.72 Å². The summed E-state index contributed by atoms with van der Waals surface area (Å²) in [6, 6.07) is 10.5. The van der Waals surface area contributed by atoms with Gasteiger partial charge in [0.2, 0.25) is 5.91 Å². The third kappa shape index (κ3) is 5.04. The lowest BCUT2D eigenvalue weighted by atomic mass is 9.44. The molecular formula is C42H57N3O3. The Hall–Kier alpha value is -2.89. The van der Waals surface area contributed by atoms with E-state index in [2.05, 4.69) is 67.4 Å². The van der Waals surface area contributed by atoms with Crippen LogP contribution in [0.3, 0.4) is 0 Å². The number of allylic oxidation sites excluding steroid dienone is 1. The molecule has 6 heteroatoms. The van der Waals surface area contributed by atoms with Gasteiger partial charge in [0.05, 0.1) is 17.2 Å². The number of ether oxygens (including phenoxy) is 1. The third-order valence-corrected chi connectivity index (χ3v) is 15.1. The van der Waals surface area contributed by atoms with Crippen LogP contribution in [0.2, 0.25) is 0 Å². The highest BCUT2D eigenvalue weighted by atomic mass is 16.5. The molecule has 0 bridgehead atoms. The number of carbonyl (C=O) groups excluding carboxylic acids is 2. The van der Waals surface area contributed by atoms with Crippen molar-refractivity contribution in [3.8, 4) is 11.3 Å². The van der Waals surface area contributed by atoms with Crippen LogP contribution < -0.4 is 0 Å². The highest BCUT2D eigenvalue weighted by Crippen LogP contribution is 2.70. The fourth-order valence-electron chi connectivity index (χ4n) is 13.1. The fraction of sp³-hybridized carbons (Fsp3) is 0.690. The van der Waals surface area contributed by atoms with E-state index in [1.54, 1.807) is 6.92 Å². The van der Waals surface area contributed by atoms with E-state index in [0.29, 0.717) is 23.7 Å². The molecule has 5 aliphatic carbocycles. The molecule has 48 heavy (non-hydrogen) atoms. The van der Waals surface area contributed by atoms with Crippen molar-refractivity contribution in [3.05, 3.63) is 54.5 Å². The second kappa shape index (κ2) is 12.2. The molecule has 6 fully saturated rings. The molecule has 10 unspecified atom stereocenters. The van der Waals surface area contributed by atoms with Crippen LogP contribution in [0, 0.1) is 52.3 Å². The van der Waals surface area contributed by atoms with Gasteiger partial charge in [0.15, 0.2) is 0 Å². The normalized spacial score (nSPS) is 40.3. The van der Waals surface area contributed by atoms with Gasteiger partial charge in [-0.25, -0.2) is 4.98 Å². The van der Waals surface area contributed by atoms with Crippen molar-refractivity contribution in [1.29, 1.82) is 0 Å². The predicted molar refractivity (Wildman–Crippen MR) is 188 cm³/mol. The Labute approximate surface area is 288 Å². The van der Waals surface area contributed by atoms with Crippen molar-refractivity contribution in [3.63, 3.8) is 0 Å². The van der Waals surface area contributed by atoms with E-state index in [-0.39, 0.29) is 28.9 Å². The average Bonchev–Trinajstić information content (AvgIpc) is 3.80. The van der Waals surface area contributed by atoms with Crippen molar-refractivity contribution in [2.75, 3.05) is 6.54 Å². The number of hydrogen-bond acceptors (Lipinski definition) is 4. The Morgan fingerprint density at radius 3 is 2.35 bits per heavy atom. The highest BCUT2D eigenvalue weighted by molar-refractivity contribution is 5.85. The first-order valence-corrected chi connectivity index (χ1v) is 19.3. The molecule has 1 saturated heterocycles. The summed E-state index contributed by atoms with van der Waals surface area (Å²) >= 11 is 0. The van der Waals surface area contributed by atoms with Gasteiger partial charge in [-0.1, -0.05) is 49.4 Å². The average molecular weight is 652 g/mol. The Bertz CT molecular complexity index is 1560. The van der Waals surface area contributed by atoms with Gasteiger partial charge in [0.25, 0.3) is 0 Å². The number of hydrogen-bond donors (Lipinski definition) is 0. The maximum Gasteiger partial charge on any atom is 0.302 e. The summed E-state index contributed by atoms with van der Waals surface area (Å²) in [5.41, 5.74) is 3.11. The number of aromatic nitrogens is 2. The highest BCUT2D eigenvalue weighted by Gasteiger charge is 2.67. The number of amides is 1. The molecule has 0 radical (unpaired) electrons. The van der Waals surface area contributed by atoms with Crippen LogP contribution in [-0.4, -0.2) is 39.0 Å². The summed E-state index contributed by atoms with van der Waals surface area (Å²) in [7, 11) is 2.10. The Morgan fingerprint density at radius 1 is 0.875 bits per heavy atom. The molecule has 0 spiro atoms. The van der Waals surface area contributed by atoms with Crippen molar-refractivity contribution < 1.29 is 14.3 Å². The SMILES string of the molecule is C=C(C)C1(C)CCC2(C(=O)N3CCC[C@H]3c3nc(-c4ccccc4)cn3C)CCC3C4CCC5CC(OC(C)=O)CCC5C4CCC3C12. The minimum atomic E-state index is -0.295. The van der Waals surface area contributed by atoms with Crippen LogP contribution in [0.5, 0.6) is 0 Å². The van der Waals surface area contributed by atoms with Gasteiger partial charge in [0, 0.05) is 32.3 Å². The number of fused-ring (bicyclic) bond motifs is 7. The van der Waals surface area contributed by atoms with Crippen molar-refractivity contribution >= 4 is 11.9 Å². The van der Waals surface area contributed by atoms with E-state index >= 15 is 4.79 Å². The molecule has 1 amide bonds. The number of benzene rings is 1. The first-order chi connectivity index (χ1) is 23.1. The summed E-state index contributed by atoms with van der Waals surface area (Å²) in [5.74, 6) is 6.09. The first kappa shape index (κ1) is 32.3. The lowest BCUT2D eigenvalue weighted by Crippen LogP contribution is -2.57. The van der Waals surface area contributed by atoms with Gasteiger partial charge < -0.3 is 14.2 Å². The summed E-state index contributed by atoms with van der Waals surface area (Å²) in [6.45, 7) is 11.7. The standard InChI is InChI=1S/C42H57N3O3/c1-26(2)41(4)21-22-42(40(47)45-23-9-12-37(45)39-43-36(25-44(39)5)28-10-7-6-8-11-28)20-19-34-33-15-13-29-24-30(48-27(3)46)14-16-31(29)32(33)17-18-35(34)38(41)42/h6-8,10-11,25,29-35,37-38H,1,9,12-24H2,2-5H3/t29?,30?,31?,32?,33?,34?,35?,37-,38?,41?,42?/m0/s1. The molecule has 0 N–H and O–H groups in total. The summed E-state index contributed by atoms with van der Waals surface area (Å²) in [4.78, 5) is 34.5. The van der Waals surface area contributed by atoms with Crippen molar-refractivity contribution in [1.82, 2.24) is 14.5 Å². The lowest BCUT2D eigenvalue weighted by Gasteiger charge is -2.60. The second-order valence-corrected chi connectivity index (χ2v) is 17.3. The van der Waals surface area contributed by atoms with Crippen LogP contribution in [0.25, 0.3) is 11.3 Å². The Kier molecular flexibility index (Phi) is 8.19. The number of carbonyl (C=O) groups is 2. The van der Waals surface area contributed by atoms with Gasteiger partial charge in [-0.2, -0.15) is 0 Å². The smallest absolute Gasteiger partial charge is 0.302 e. The number of rotatable bonds is 5.